The number of rotatable bonds is 10. The standard InChI is InChI=1S/C56H55N4O.Pt/c1-9-30-56(10-2,39-19-12-11-13-20-39)40-29-31-57-53(35-40)60-49-24-15-14-23-47(49)48-28-27-46(37-52(48)60)61-45-22-18-21-43(36-45)58-38-59(51-26-17-16-25-50(51)58)44-33-41(54(3,4)5)32-42(34-44)55(6,7)8;/h11-29,31-35,38H,9-10,30H2,1-8H3;/q-3;. The number of nitrogens with zero attached hydrogens (tertiary/aromatic N) is 4. The average molecular weight is 995 g/mol. The van der Waals surface area contributed by atoms with Gasteiger partial charge < -0.3 is 19.1 Å². The molecule has 0 radical (unpaired) electrons. The number of benzene rings is 6. The van der Waals surface area contributed by atoms with Crippen LogP contribution in [0.1, 0.15) is 96.9 Å². The predicted molar refractivity (Wildman–Crippen MR) is 254 cm³/mol. The third kappa shape index (κ3) is 7.86. The van der Waals surface area contributed by atoms with Gasteiger partial charge in [0.25, 0.3) is 0 Å². The second kappa shape index (κ2) is 16.9. The summed E-state index contributed by atoms with van der Waals surface area (Å²) < 4.78 is 8.90. The maximum absolute atomic E-state index is 6.67. The number of fused-ring (bicyclic) bond motifs is 4. The van der Waals surface area contributed by atoms with Gasteiger partial charge in [-0.25, -0.2) is 4.98 Å². The fourth-order valence-corrected chi connectivity index (χ4v) is 9.11. The van der Waals surface area contributed by atoms with Gasteiger partial charge in [-0.3, -0.25) is 0 Å². The summed E-state index contributed by atoms with van der Waals surface area (Å²) in [4.78, 5) is 9.52. The summed E-state index contributed by atoms with van der Waals surface area (Å²) in [5, 5.41) is 2.25. The van der Waals surface area contributed by atoms with Crippen LogP contribution in [-0.2, 0) is 37.3 Å². The second-order valence-electron chi connectivity index (χ2n) is 18.5. The number of hydrogen-bond donors (Lipinski definition) is 0. The Balaban J connectivity index is 0.00000529. The van der Waals surface area contributed by atoms with E-state index < -0.39 is 0 Å². The molecule has 0 N–H and O–H groups in total. The zero-order chi connectivity index (χ0) is 42.5. The van der Waals surface area contributed by atoms with Crippen molar-refractivity contribution in [2.45, 2.75) is 90.9 Å². The fraction of sp³-hybridized carbons (Fsp3) is 0.250. The molecule has 0 saturated heterocycles. The third-order valence-corrected chi connectivity index (χ3v) is 12.5. The van der Waals surface area contributed by atoms with Crippen LogP contribution in [0.4, 0.5) is 22.7 Å². The van der Waals surface area contributed by atoms with E-state index in [-0.39, 0.29) is 37.3 Å². The number of pyridine rings is 1. The van der Waals surface area contributed by atoms with Crippen molar-refractivity contribution in [3.05, 3.63) is 187 Å². The Labute approximate surface area is 382 Å². The SMILES string of the molecule is CCCC(CC)(c1ccccc1)c1ccnc(-n2c3[c-]c(Oc4[c-]c(N5[CH-]N(c6cc(C(C)(C)C)cc(C(C)(C)C)c6)c6ccccc65)ccc4)ccc3c3ccccc32)c1.[Pt]. The molecule has 1 unspecified atom stereocenters. The van der Waals surface area contributed by atoms with Crippen LogP contribution in [0, 0.1) is 18.8 Å². The molecule has 0 amide bonds. The van der Waals surface area contributed by atoms with E-state index in [2.05, 4.69) is 210 Å². The number of ether oxygens (including phenoxy) is 1. The number of hydrogen-bond acceptors (Lipinski definition) is 4. The molecule has 318 valence electrons. The summed E-state index contributed by atoms with van der Waals surface area (Å²) in [5.74, 6) is 2.09. The molecule has 1 aliphatic rings. The van der Waals surface area contributed by atoms with Crippen molar-refractivity contribution >= 4 is 44.6 Å². The number of anilines is 4. The molecule has 6 aromatic carbocycles. The van der Waals surface area contributed by atoms with Crippen LogP contribution in [0.2, 0.25) is 0 Å². The van der Waals surface area contributed by atoms with Crippen LogP contribution in [0.3, 0.4) is 0 Å². The van der Waals surface area contributed by atoms with E-state index in [1.165, 1.54) is 22.3 Å². The topological polar surface area (TPSA) is 33.5 Å². The minimum atomic E-state index is -0.124. The number of para-hydroxylation sites is 3. The molecule has 0 bridgehead atoms. The first-order chi connectivity index (χ1) is 29.4. The third-order valence-electron chi connectivity index (χ3n) is 12.5. The maximum Gasteiger partial charge on any atom is 0.135 e. The smallest absolute Gasteiger partial charge is 0.135 e. The van der Waals surface area contributed by atoms with Gasteiger partial charge in [0.1, 0.15) is 5.82 Å². The van der Waals surface area contributed by atoms with Crippen LogP contribution in [0.25, 0.3) is 27.6 Å². The molecule has 0 aliphatic carbocycles. The van der Waals surface area contributed by atoms with Gasteiger partial charge in [-0.15, -0.1) is 48.1 Å². The van der Waals surface area contributed by atoms with Crippen LogP contribution < -0.4 is 14.5 Å². The van der Waals surface area contributed by atoms with Crippen LogP contribution in [0.5, 0.6) is 11.5 Å². The Morgan fingerprint density at radius 2 is 1.26 bits per heavy atom. The molecule has 3 heterocycles. The van der Waals surface area contributed by atoms with Gasteiger partial charge in [-0.05, 0) is 93.8 Å². The van der Waals surface area contributed by atoms with E-state index in [9.17, 15) is 0 Å². The van der Waals surface area contributed by atoms with Gasteiger partial charge in [-0.1, -0.05) is 134 Å². The molecule has 0 saturated carbocycles. The summed E-state index contributed by atoms with van der Waals surface area (Å²) in [5.41, 5.74) is 11.3. The molecular weight excluding hydrogens is 940 g/mol. The zero-order valence-corrected chi connectivity index (χ0v) is 39.3. The molecule has 62 heavy (non-hydrogen) atoms. The van der Waals surface area contributed by atoms with E-state index in [1.807, 2.05) is 24.4 Å². The van der Waals surface area contributed by atoms with Gasteiger partial charge in [0, 0.05) is 66.8 Å². The van der Waals surface area contributed by atoms with E-state index in [1.54, 1.807) is 0 Å². The van der Waals surface area contributed by atoms with Crippen molar-refractivity contribution in [1.29, 1.82) is 0 Å². The normalized spacial score (nSPS) is 13.9. The summed E-state index contributed by atoms with van der Waals surface area (Å²) in [6, 6.07) is 57.1. The van der Waals surface area contributed by atoms with Crippen molar-refractivity contribution in [2.75, 3.05) is 9.80 Å². The van der Waals surface area contributed by atoms with Gasteiger partial charge in [-0.2, -0.15) is 12.1 Å². The Hall–Kier alpha value is -5.64. The molecule has 6 heteroatoms. The number of aromatic nitrogens is 2. The first-order valence-electron chi connectivity index (χ1n) is 21.7. The Bertz CT molecular complexity index is 2840. The molecule has 8 aromatic rings. The molecule has 1 atom stereocenters. The van der Waals surface area contributed by atoms with Crippen LogP contribution in [0.15, 0.2) is 146 Å². The van der Waals surface area contributed by atoms with Crippen molar-refractivity contribution in [3.63, 3.8) is 0 Å². The molecular formula is C56H55N4OPt-3. The molecule has 5 nitrogen and oxygen atoms in total. The van der Waals surface area contributed by atoms with E-state index in [4.69, 9.17) is 9.72 Å². The van der Waals surface area contributed by atoms with E-state index in [0.717, 1.165) is 69.6 Å². The van der Waals surface area contributed by atoms with E-state index >= 15 is 0 Å². The van der Waals surface area contributed by atoms with Crippen molar-refractivity contribution < 1.29 is 25.8 Å². The van der Waals surface area contributed by atoms with Gasteiger partial charge in [0.15, 0.2) is 0 Å². The molecule has 0 fully saturated rings. The monoisotopic (exact) mass is 994 g/mol. The van der Waals surface area contributed by atoms with Gasteiger partial charge in [0.2, 0.25) is 0 Å². The fourth-order valence-electron chi connectivity index (χ4n) is 9.11. The summed E-state index contributed by atoms with van der Waals surface area (Å²) in [7, 11) is 0. The first kappa shape index (κ1) is 43.0. The Morgan fingerprint density at radius 1 is 0.597 bits per heavy atom. The summed E-state index contributed by atoms with van der Waals surface area (Å²) in [6.07, 6.45) is 5.08. The summed E-state index contributed by atoms with van der Waals surface area (Å²) >= 11 is 0. The van der Waals surface area contributed by atoms with Gasteiger partial charge in [0.05, 0.1) is 0 Å². The minimum absolute atomic E-state index is 0. The zero-order valence-electron chi connectivity index (χ0n) is 37.1. The van der Waals surface area contributed by atoms with Crippen LogP contribution in [-0.4, -0.2) is 9.55 Å². The Kier molecular flexibility index (Phi) is 11.7. The quantitative estimate of drug-likeness (QED) is 0.128. The molecule has 9 rings (SSSR count). The van der Waals surface area contributed by atoms with Crippen LogP contribution >= 0.6 is 0 Å². The molecule has 0 spiro atoms. The maximum atomic E-state index is 6.67. The average Bonchev–Trinajstić information content (AvgIpc) is 3.81. The summed E-state index contributed by atoms with van der Waals surface area (Å²) in [6.45, 7) is 20.5. The van der Waals surface area contributed by atoms with Crippen molar-refractivity contribution in [1.82, 2.24) is 9.55 Å². The molecule has 2 aromatic heterocycles. The Morgan fingerprint density at radius 3 is 1.95 bits per heavy atom. The van der Waals surface area contributed by atoms with Crippen molar-refractivity contribution in [2.24, 2.45) is 0 Å². The van der Waals surface area contributed by atoms with Crippen molar-refractivity contribution in [3.8, 4) is 17.3 Å². The largest absolute Gasteiger partial charge is 0.509 e. The van der Waals surface area contributed by atoms with E-state index in [0.29, 0.717) is 11.5 Å². The molecule has 1 aliphatic heterocycles. The van der Waals surface area contributed by atoms with Gasteiger partial charge >= 0.3 is 0 Å². The first-order valence-corrected chi connectivity index (χ1v) is 21.7. The second-order valence-corrected chi connectivity index (χ2v) is 18.5. The predicted octanol–water partition coefficient (Wildman–Crippen LogP) is 15.1. The minimum Gasteiger partial charge on any atom is -0.509 e.